The Bertz CT molecular complexity index is 579. The Hall–Kier alpha value is -0.820. The second-order valence-corrected chi connectivity index (χ2v) is 12.0. The molecule has 0 bridgehead atoms. The van der Waals surface area contributed by atoms with E-state index >= 15 is 0 Å². The molecule has 0 saturated heterocycles. The molecule has 0 amide bonds. The van der Waals surface area contributed by atoms with Crippen LogP contribution in [0.15, 0.2) is 18.2 Å². The zero-order chi connectivity index (χ0) is 20.4. The number of benzene rings is 1. The molecule has 1 nitrogen and oxygen atoms in total. The monoisotopic (exact) mass is 359 g/mol. The molecule has 2 N–H and O–H groups in total. The average Bonchev–Trinajstić information content (AvgIpc) is 2.39. The van der Waals surface area contributed by atoms with Gasteiger partial charge in [-0.1, -0.05) is 87.4 Å². The molecule has 26 heavy (non-hydrogen) atoms. The van der Waals surface area contributed by atoms with Gasteiger partial charge in [0.2, 0.25) is 0 Å². The highest BCUT2D eigenvalue weighted by molar-refractivity contribution is 5.45. The summed E-state index contributed by atoms with van der Waals surface area (Å²) >= 11 is 0. The molecule has 0 radical (unpaired) electrons. The molecule has 0 aromatic heterocycles. The van der Waals surface area contributed by atoms with Crippen molar-refractivity contribution >= 4 is 0 Å². The van der Waals surface area contributed by atoms with Gasteiger partial charge in [0, 0.05) is 0 Å². The molecule has 0 aliphatic heterocycles. The summed E-state index contributed by atoms with van der Waals surface area (Å²) in [5, 5.41) is 0. The lowest BCUT2D eigenvalue weighted by Gasteiger charge is -2.41. The molecule has 0 heterocycles. The molecule has 1 rings (SSSR count). The smallest absolute Gasteiger partial charge is 0.00741 e. The topological polar surface area (TPSA) is 26.0 Å². The zero-order valence-electron chi connectivity index (χ0n) is 19.3. The lowest BCUT2D eigenvalue weighted by molar-refractivity contribution is 0.263. The number of hydrogen-bond donors (Lipinski definition) is 1. The predicted octanol–water partition coefficient (Wildman–Crippen LogP) is 7.01. The van der Waals surface area contributed by atoms with Gasteiger partial charge in [-0.05, 0) is 70.6 Å². The SMILES string of the molecule is CC(C)(C)CC(C)(C)c1cccc(CCCN)c1C(C)(C)CC(C)(C)C. The minimum atomic E-state index is 0.147. The molecule has 0 aliphatic carbocycles. The van der Waals surface area contributed by atoms with E-state index in [-0.39, 0.29) is 10.8 Å². The number of rotatable bonds is 7. The third-order valence-corrected chi connectivity index (χ3v) is 5.15. The molecule has 0 atom stereocenters. The van der Waals surface area contributed by atoms with Crippen molar-refractivity contribution in [3.63, 3.8) is 0 Å². The molecular formula is C25H45N. The maximum atomic E-state index is 5.84. The van der Waals surface area contributed by atoms with Crippen molar-refractivity contribution in [2.45, 2.75) is 106 Å². The van der Waals surface area contributed by atoms with Gasteiger partial charge >= 0.3 is 0 Å². The summed E-state index contributed by atoms with van der Waals surface area (Å²) in [6, 6.07) is 6.99. The molecule has 0 spiro atoms. The molecule has 1 aromatic carbocycles. The molecule has 0 unspecified atom stereocenters. The second-order valence-electron chi connectivity index (χ2n) is 12.0. The highest BCUT2D eigenvalue weighted by Crippen LogP contribution is 2.45. The van der Waals surface area contributed by atoms with Crippen molar-refractivity contribution in [2.24, 2.45) is 16.6 Å². The highest BCUT2D eigenvalue weighted by atomic mass is 14.5. The fraction of sp³-hybridized carbons (Fsp3) is 0.760. The van der Waals surface area contributed by atoms with Crippen LogP contribution < -0.4 is 5.73 Å². The Morgan fingerprint density at radius 3 is 1.69 bits per heavy atom. The van der Waals surface area contributed by atoms with Crippen LogP contribution in [0, 0.1) is 10.8 Å². The van der Waals surface area contributed by atoms with Gasteiger partial charge < -0.3 is 5.73 Å². The first-order valence-electron chi connectivity index (χ1n) is 10.4. The fourth-order valence-corrected chi connectivity index (χ4v) is 5.30. The van der Waals surface area contributed by atoms with Gasteiger partial charge in [0.15, 0.2) is 0 Å². The first kappa shape index (κ1) is 23.2. The van der Waals surface area contributed by atoms with Crippen molar-refractivity contribution in [1.29, 1.82) is 0 Å². The summed E-state index contributed by atoms with van der Waals surface area (Å²) in [5.41, 5.74) is 11.4. The second kappa shape index (κ2) is 8.05. The highest BCUT2D eigenvalue weighted by Gasteiger charge is 2.36. The Morgan fingerprint density at radius 2 is 1.23 bits per heavy atom. The van der Waals surface area contributed by atoms with Crippen LogP contribution in [0.25, 0.3) is 0 Å². The van der Waals surface area contributed by atoms with E-state index < -0.39 is 0 Å². The third-order valence-electron chi connectivity index (χ3n) is 5.15. The van der Waals surface area contributed by atoms with Crippen molar-refractivity contribution in [2.75, 3.05) is 6.54 Å². The molecular weight excluding hydrogens is 314 g/mol. The summed E-state index contributed by atoms with van der Waals surface area (Å²) in [6.07, 6.45) is 4.50. The molecule has 0 saturated carbocycles. The Kier molecular flexibility index (Phi) is 7.19. The minimum Gasteiger partial charge on any atom is -0.330 e. The summed E-state index contributed by atoms with van der Waals surface area (Å²) < 4.78 is 0. The van der Waals surface area contributed by atoms with Crippen molar-refractivity contribution in [3.05, 3.63) is 34.9 Å². The van der Waals surface area contributed by atoms with Crippen LogP contribution in [-0.2, 0) is 17.3 Å². The standard InChI is InChI=1S/C25H45N/c1-22(2,3)17-24(7,8)20-15-11-13-19(14-12-16-26)21(20)25(9,10)18-23(4,5)6/h11,13,15H,12,14,16-18,26H2,1-10H3. The molecule has 0 aliphatic rings. The minimum absolute atomic E-state index is 0.147. The zero-order valence-corrected chi connectivity index (χ0v) is 19.3. The Labute approximate surface area is 164 Å². The lowest BCUT2D eigenvalue weighted by atomic mass is 9.63. The van der Waals surface area contributed by atoms with Crippen LogP contribution in [-0.4, -0.2) is 6.54 Å². The Morgan fingerprint density at radius 1 is 0.731 bits per heavy atom. The summed E-state index contributed by atoms with van der Waals surface area (Å²) in [7, 11) is 0. The van der Waals surface area contributed by atoms with Crippen LogP contribution in [0.2, 0.25) is 0 Å². The fourth-order valence-electron chi connectivity index (χ4n) is 5.30. The van der Waals surface area contributed by atoms with Crippen molar-refractivity contribution in [3.8, 4) is 0 Å². The van der Waals surface area contributed by atoms with Gasteiger partial charge in [-0.15, -0.1) is 0 Å². The van der Waals surface area contributed by atoms with Gasteiger partial charge in [-0.25, -0.2) is 0 Å². The molecule has 0 fully saturated rings. The van der Waals surface area contributed by atoms with E-state index in [1.807, 2.05) is 0 Å². The first-order valence-corrected chi connectivity index (χ1v) is 10.4. The third kappa shape index (κ3) is 6.72. The predicted molar refractivity (Wildman–Crippen MR) is 118 cm³/mol. The van der Waals surface area contributed by atoms with Crippen LogP contribution in [0.1, 0.15) is 105 Å². The number of aryl methyl sites for hydroxylation is 1. The van der Waals surface area contributed by atoms with Crippen molar-refractivity contribution in [1.82, 2.24) is 0 Å². The van der Waals surface area contributed by atoms with Gasteiger partial charge in [-0.2, -0.15) is 0 Å². The van der Waals surface area contributed by atoms with E-state index in [1.165, 1.54) is 24.0 Å². The van der Waals surface area contributed by atoms with Crippen LogP contribution in [0.5, 0.6) is 0 Å². The molecule has 150 valence electrons. The van der Waals surface area contributed by atoms with Gasteiger partial charge in [0.05, 0.1) is 0 Å². The molecule has 1 heteroatoms. The van der Waals surface area contributed by atoms with E-state index in [2.05, 4.69) is 87.4 Å². The van der Waals surface area contributed by atoms with E-state index in [9.17, 15) is 0 Å². The van der Waals surface area contributed by atoms with Crippen LogP contribution >= 0.6 is 0 Å². The van der Waals surface area contributed by atoms with Gasteiger partial charge in [-0.3, -0.25) is 0 Å². The van der Waals surface area contributed by atoms with Crippen LogP contribution in [0.3, 0.4) is 0 Å². The summed E-state index contributed by atoms with van der Waals surface area (Å²) in [6.45, 7) is 24.6. The van der Waals surface area contributed by atoms with E-state index in [4.69, 9.17) is 5.73 Å². The Balaban J connectivity index is 3.56. The molecule has 1 aromatic rings. The van der Waals surface area contributed by atoms with Crippen LogP contribution in [0.4, 0.5) is 0 Å². The largest absolute Gasteiger partial charge is 0.330 e. The van der Waals surface area contributed by atoms with E-state index in [1.54, 1.807) is 5.56 Å². The maximum Gasteiger partial charge on any atom is -0.00741 e. The quantitative estimate of drug-likeness (QED) is 0.557. The normalized spacial score (nSPS) is 14.0. The first-order chi connectivity index (χ1) is 11.6. The average molecular weight is 360 g/mol. The van der Waals surface area contributed by atoms with Crippen molar-refractivity contribution < 1.29 is 0 Å². The maximum absolute atomic E-state index is 5.84. The van der Waals surface area contributed by atoms with Gasteiger partial charge in [0.1, 0.15) is 0 Å². The van der Waals surface area contributed by atoms with E-state index in [0.717, 1.165) is 19.4 Å². The summed E-state index contributed by atoms with van der Waals surface area (Å²) in [4.78, 5) is 0. The lowest BCUT2D eigenvalue weighted by Crippen LogP contribution is -2.33. The number of nitrogens with two attached hydrogens (primary N) is 1. The number of hydrogen-bond acceptors (Lipinski definition) is 1. The van der Waals surface area contributed by atoms with E-state index in [0.29, 0.717) is 10.8 Å². The summed E-state index contributed by atoms with van der Waals surface area (Å²) in [5.74, 6) is 0. The van der Waals surface area contributed by atoms with Gasteiger partial charge in [0.25, 0.3) is 0 Å².